The molecule has 0 unspecified atom stereocenters. The van der Waals surface area contributed by atoms with Gasteiger partial charge in [-0.05, 0) is 99.7 Å². The van der Waals surface area contributed by atoms with Gasteiger partial charge < -0.3 is 39.0 Å². The van der Waals surface area contributed by atoms with E-state index in [1.54, 1.807) is 0 Å². The van der Waals surface area contributed by atoms with Crippen molar-refractivity contribution in [2.45, 2.75) is 183 Å². The molecule has 5 fully saturated rings. The zero-order valence-corrected chi connectivity index (χ0v) is 45.4. The third-order valence-electron chi connectivity index (χ3n) is 11.1. The van der Waals surface area contributed by atoms with Crippen molar-refractivity contribution in [1.82, 2.24) is 0 Å². The fourth-order valence-corrected chi connectivity index (χ4v) is 7.00. The fraction of sp³-hybridized carbons (Fsp3) is 0.679. The van der Waals surface area contributed by atoms with Crippen LogP contribution in [-0.4, -0.2) is 66.1 Å². The zero-order valence-electron chi connectivity index (χ0n) is 42.9. The summed E-state index contributed by atoms with van der Waals surface area (Å²) < 4.78 is 24.7. The fourth-order valence-electron chi connectivity index (χ4n) is 7.00. The van der Waals surface area contributed by atoms with Gasteiger partial charge in [0.15, 0.2) is 0 Å². The number of hydrogen-bond donors (Lipinski definition) is 0. The van der Waals surface area contributed by atoms with Crippen molar-refractivity contribution in [2.24, 2.45) is 0 Å². The van der Waals surface area contributed by atoms with Crippen molar-refractivity contribution in [2.75, 3.05) is 66.1 Å². The Labute approximate surface area is 438 Å². The Balaban J connectivity index is 0.000000747. The van der Waals surface area contributed by atoms with Crippen LogP contribution >= 0.6 is 0 Å². The van der Waals surface area contributed by atoms with Gasteiger partial charge in [-0.15, -0.1) is 17.2 Å². The summed E-state index contributed by atoms with van der Waals surface area (Å²) >= 11 is 0. The van der Waals surface area contributed by atoms with E-state index in [0.717, 1.165) is 99.4 Å². The van der Waals surface area contributed by atoms with E-state index in [1.807, 2.05) is 54.6 Å². The molecule has 65 heavy (non-hydrogen) atoms. The van der Waals surface area contributed by atoms with E-state index in [2.05, 4.69) is 83.1 Å². The standard InChI is InChI=1S/3C12H18O.5C4H8O.Eu/c3*1-8(2)10-6-5-7-11(9(3)4)12(10)13;5*1-2-4-5-3-1;/h3*5-9,13H,1-4H3;5*1-4H2;/q;;;;;;;;+3/p-3. The predicted octanol–water partition coefficient (Wildman–Crippen LogP) is 13.0. The molecule has 8 nitrogen and oxygen atoms in total. The third kappa shape index (κ3) is 28.5. The molecule has 5 aliphatic rings. The Bertz CT molecular complexity index is 1250. The minimum Gasteiger partial charge on any atom is -0.872 e. The minimum atomic E-state index is 0. The molecule has 5 saturated heterocycles. The van der Waals surface area contributed by atoms with Crippen molar-refractivity contribution < 1.29 is 88.4 Å². The van der Waals surface area contributed by atoms with Crippen LogP contribution < -0.4 is 15.3 Å². The molecule has 8 rings (SSSR count). The van der Waals surface area contributed by atoms with Gasteiger partial charge in [0.1, 0.15) is 0 Å². The van der Waals surface area contributed by atoms with Gasteiger partial charge in [-0.1, -0.05) is 171 Å². The normalized spacial score (nSPS) is 16.0. The predicted molar refractivity (Wildman–Crippen MR) is 262 cm³/mol. The quantitative estimate of drug-likeness (QED) is 0.240. The summed E-state index contributed by atoms with van der Waals surface area (Å²) in [4.78, 5) is 0. The van der Waals surface area contributed by atoms with Crippen LogP contribution in [-0.2, 0) is 23.7 Å². The minimum absolute atomic E-state index is 0. The van der Waals surface area contributed by atoms with Crippen molar-refractivity contribution in [3.8, 4) is 17.2 Å². The molecule has 5 aliphatic heterocycles. The van der Waals surface area contributed by atoms with Crippen LogP contribution in [0.25, 0.3) is 0 Å². The van der Waals surface area contributed by atoms with Crippen molar-refractivity contribution in [3.05, 3.63) is 88.0 Å². The molecule has 3 aromatic rings. The van der Waals surface area contributed by atoms with Crippen LogP contribution in [0, 0.1) is 49.4 Å². The number of ether oxygens (including phenoxy) is 5. The molecule has 3 aromatic carbocycles. The first-order valence-electron chi connectivity index (χ1n) is 24.9. The number of benzene rings is 3. The van der Waals surface area contributed by atoms with Crippen molar-refractivity contribution in [3.63, 3.8) is 0 Å². The molecule has 370 valence electrons. The summed E-state index contributed by atoms with van der Waals surface area (Å²) in [5, 5.41) is 35.6. The van der Waals surface area contributed by atoms with Crippen LogP contribution in [0.15, 0.2) is 54.6 Å². The Morgan fingerprint density at radius 1 is 0.277 bits per heavy atom. The van der Waals surface area contributed by atoms with E-state index in [4.69, 9.17) is 23.7 Å². The summed E-state index contributed by atoms with van der Waals surface area (Å²) in [6.07, 6.45) is 12.8. The van der Waals surface area contributed by atoms with Crippen LogP contribution in [0.1, 0.15) is 216 Å². The monoisotopic (exact) mass is 1040 g/mol. The van der Waals surface area contributed by atoms with Crippen LogP contribution in [0.2, 0.25) is 0 Å². The molecule has 0 atom stereocenters. The Morgan fingerprint density at radius 3 is 0.477 bits per heavy atom. The van der Waals surface area contributed by atoms with Gasteiger partial charge in [-0.2, -0.15) is 0 Å². The largest absolute Gasteiger partial charge is 3.00 e. The smallest absolute Gasteiger partial charge is 0.872 e. The van der Waals surface area contributed by atoms with Gasteiger partial charge in [0.2, 0.25) is 0 Å². The van der Waals surface area contributed by atoms with Crippen LogP contribution in [0.5, 0.6) is 17.2 Å². The van der Waals surface area contributed by atoms with Gasteiger partial charge in [0.05, 0.1) is 0 Å². The topological polar surface area (TPSA) is 115 Å². The summed E-state index contributed by atoms with van der Waals surface area (Å²) in [5.41, 5.74) is 5.62. The summed E-state index contributed by atoms with van der Waals surface area (Å²) in [6.45, 7) is 34.7. The molecule has 0 saturated carbocycles. The van der Waals surface area contributed by atoms with Crippen molar-refractivity contribution >= 4 is 0 Å². The molecule has 0 bridgehead atoms. The average molecular weight is 1040 g/mol. The molecule has 0 aliphatic carbocycles. The summed E-state index contributed by atoms with van der Waals surface area (Å²) in [5.74, 6) is 2.64. The molecule has 0 radical (unpaired) electrons. The second kappa shape index (κ2) is 39.3. The van der Waals surface area contributed by atoms with Gasteiger partial charge in [0.25, 0.3) is 0 Å². The molecule has 9 heteroatoms. The van der Waals surface area contributed by atoms with Gasteiger partial charge in [-0.3, -0.25) is 0 Å². The van der Waals surface area contributed by atoms with Gasteiger partial charge >= 0.3 is 49.4 Å². The first-order chi connectivity index (χ1) is 30.6. The summed E-state index contributed by atoms with van der Waals surface area (Å²) in [6, 6.07) is 17.5. The van der Waals surface area contributed by atoms with Crippen LogP contribution in [0.4, 0.5) is 0 Å². The SMILES string of the molecule is C1CCOC1.C1CCOC1.C1CCOC1.C1CCOC1.C1CCOC1.CC(C)c1cccc(C(C)C)c1[O-].CC(C)c1cccc(C(C)C)c1[O-].CC(C)c1cccc(C(C)C)c1[O-].[Eu+3]. The zero-order chi connectivity index (χ0) is 47.7. The Morgan fingerprint density at radius 2 is 0.400 bits per heavy atom. The van der Waals surface area contributed by atoms with E-state index in [9.17, 15) is 15.3 Å². The average Bonchev–Trinajstić information content (AvgIpc) is 4.12. The molecule has 5 heterocycles. The maximum atomic E-state index is 11.9. The maximum absolute atomic E-state index is 11.9. The molecule has 0 N–H and O–H groups in total. The van der Waals surface area contributed by atoms with E-state index in [0.29, 0.717) is 35.5 Å². The second-order valence-electron chi connectivity index (χ2n) is 18.8. The van der Waals surface area contributed by atoms with Crippen LogP contribution in [0.3, 0.4) is 0 Å². The number of para-hydroxylation sites is 3. The van der Waals surface area contributed by atoms with Gasteiger partial charge in [0, 0.05) is 66.1 Å². The first-order valence-corrected chi connectivity index (χ1v) is 24.9. The first kappa shape index (κ1) is 63.4. The van der Waals surface area contributed by atoms with Gasteiger partial charge in [-0.25, -0.2) is 0 Å². The van der Waals surface area contributed by atoms with Crippen molar-refractivity contribution in [1.29, 1.82) is 0 Å². The Hall–Kier alpha value is -1.56. The third-order valence-corrected chi connectivity index (χ3v) is 11.1. The maximum Gasteiger partial charge on any atom is 3.00 e. The second-order valence-corrected chi connectivity index (χ2v) is 18.8. The van der Waals surface area contributed by atoms with E-state index in [-0.39, 0.29) is 66.6 Å². The Kier molecular flexibility index (Phi) is 38.4. The molecular formula is C56H91EuO8. The van der Waals surface area contributed by atoms with E-state index < -0.39 is 0 Å². The molecule has 0 spiro atoms. The number of hydrogen-bond acceptors (Lipinski definition) is 8. The molecule has 0 aromatic heterocycles. The van der Waals surface area contributed by atoms with E-state index in [1.165, 1.54) is 64.2 Å². The molecule has 0 amide bonds. The molecular weight excluding hydrogens is 953 g/mol. The summed E-state index contributed by atoms with van der Waals surface area (Å²) in [7, 11) is 0. The van der Waals surface area contributed by atoms with E-state index >= 15 is 0 Å². The number of rotatable bonds is 6.